The second-order valence-corrected chi connectivity index (χ2v) is 5.43. The number of carbonyl (C=O) groups is 1. The van der Waals surface area contributed by atoms with Crippen LogP contribution < -0.4 is 0 Å². The fraction of sp³-hybridized carbons (Fsp3) is 0.147. The molecule has 0 aliphatic carbocycles. The van der Waals surface area contributed by atoms with Crippen molar-refractivity contribution in [2.45, 2.75) is 0 Å². The SMILES string of the molecule is C#CC#CC#CC#CC#CC#CC#CN(C#CC#CC#CC#CC#CC#CC#C)CC(=O)COCCOC.[HH].[HH].[HH].[HH].[HH].[HH].[HH].[HH].[HH].[HH].[HH].[HH].[HH].[HH].[HH].[HH].[HH].[HH].[HH].[HH].[HH].[HH].[HH].[HH].[HH].[HH].[HH].[HH].[HH].[HH]. The molecule has 38 heavy (non-hydrogen) atoms. The van der Waals surface area contributed by atoms with Gasteiger partial charge in [-0.15, -0.1) is 12.8 Å². The van der Waals surface area contributed by atoms with Gasteiger partial charge in [0.25, 0.3) is 0 Å². The number of hydrogen-bond acceptors (Lipinski definition) is 4. The van der Waals surface area contributed by atoms with Gasteiger partial charge in [0.1, 0.15) is 13.2 Å². The van der Waals surface area contributed by atoms with Gasteiger partial charge >= 0.3 is 0 Å². The predicted octanol–water partition coefficient (Wildman–Crippen LogP) is 7.12. The van der Waals surface area contributed by atoms with Crippen molar-refractivity contribution in [1.82, 2.24) is 4.90 Å². The molecule has 0 bridgehead atoms. The van der Waals surface area contributed by atoms with Crippen molar-refractivity contribution < 1.29 is 57.1 Å². The van der Waals surface area contributed by atoms with E-state index in [4.69, 9.17) is 22.3 Å². The normalized spacial score (nSPS) is 5.76. The van der Waals surface area contributed by atoms with Crippen molar-refractivity contribution in [3.63, 3.8) is 0 Å². The summed E-state index contributed by atoms with van der Waals surface area (Å²) in [6, 6.07) is 5.27. The standard InChI is InChI=1S/C34H13NO3.30H2/c1-4-6-8-10-12-14-16-18-20-22-24-26-28-35(32-34(36)33-38-31-30-37-3)29-27-25-23-21-19-17-15-13-11-9-7-5-2;;;;;;;;;;;;;;;;;;;;;;;;;;;;;;/h1-2H,30-33H2,3H3;30*1H. The Labute approximate surface area is 269 Å². The van der Waals surface area contributed by atoms with Gasteiger partial charge in [0.2, 0.25) is 0 Å². The third-order valence-electron chi connectivity index (χ3n) is 2.81. The molecule has 0 saturated heterocycles. The molecule has 0 amide bonds. The smallest absolute Gasteiger partial charge is 0.179 e. The lowest BCUT2D eigenvalue weighted by atomic mass is 10.4. The fourth-order valence-corrected chi connectivity index (χ4v) is 1.48. The van der Waals surface area contributed by atoms with Crippen LogP contribution in [0.3, 0.4) is 0 Å². The molecule has 0 aromatic rings. The zero-order valence-electron chi connectivity index (χ0n) is 20.2. The molecule has 0 saturated carbocycles. The van der Waals surface area contributed by atoms with Crippen molar-refractivity contribution in [1.29, 1.82) is 0 Å². The van der Waals surface area contributed by atoms with Crippen LogP contribution in [-0.4, -0.2) is 44.2 Å². The van der Waals surface area contributed by atoms with E-state index in [9.17, 15) is 4.79 Å². The molecule has 0 heterocycles. The molecule has 232 valence electrons. The number of Topliss-reactive ketones (excluding diaryl/α,β-unsaturated/α-hetero) is 1. The van der Waals surface area contributed by atoms with Gasteiger partial charge in [-0.05, 0) is 71.0 Å². The third-order valence-corrected chi connectivity index (χ3v) is 2.81. The Balaban J connectivity index is -0.0000000157. The van der Waals surface area contributed by atoms with E-state index in [0.29, 0.717) is 6.61 Å². The van der Waals surface area contributed by atoms with Gasteiger partial charge in [0.05, 0.1) is 13.2 Å². The zero-order valence-corrected chi connectivity index (χ0v) is 20.2. The van der Waals surface area contributed by atoms with Crippen LogP contribution in [-0.2, 0) is 14.3 Å². The number of terminal acetylenes is 2. The highest BCUT2D eigenvalue weighted by Gasteiger charge is 2.06. The summed E-state index contributed by atoms with van der Waals surface area (Å²) in [4.78, 5) is 13.3. The number of hydrogen-bond donors (Lipinski definition) is 0. The van der Waals surface area contributed by atoms with Gasteiger partial charge in [0, 0.05) is 133 Å². The zero-order chi connectivity index (χ0) is 27.8. The Morgan fingerprint density at radius 1 is 0.579 bits per heavy atom. The maximum absolute atomic E-state index is 12.1. The summed E-state index contributed by atoms with van der Waals surface area (Å²) in [5.74, 6) is 58.2. The Morgan fingerprint density at radius 3 is 1.26 bits per heavy atom. The Bertz CT molecular complexity index is 1680. The lowest BCUT2D eigenvalue weighted by molar-refractivity contribution is -0.124. The fourth-order valence-electron chi connectivity index (χ4n) is 1.48. The molecular formula is C34H73NO3. The number of ether oxygens (including phenoxy) is 2. The second kappa shape index (κ2) is 26.5. The van der Waals surface area contributed by atoms with Crippen LogP contribution in [0.25, 0.3) is 0 Å². The Kier molecular flexibility index (Phi) is 21.8. The summed E-state index contributed by atoms with van der Waals surface area (Å²) in [6.45, 7) is 0.404. The molecule has 0 unspecified atom stereocenters. The van der Waals surface area contributed by atoms with Gasteiger partial charge in [-0.1, -0.05) is 0 Å². The summed E-state index contributed by atoms with van der Waals surface area (Å²) < 4.78 is 10.1. The van der Waals surface area contributed by atoms with E-state index in [1.165, 1.54) is 12.0 Å². The van der Waals surface area contributed by atoms with Gasteiger partial charge in [0.15, 0.2) is 5.78 Å². The minimum Gasteiger partial charge on any atom is -0.382 e. The van der Waals surface area contributed by atoms with Crippen LogP contribution in [0.2, 0.25) is 0 Å². The molecular weight excluding hydrogens is 470 g/mol. The molecule has 0 aromatic heterocycles. The number of nitrogens with zero attached hydrogens (tertiary/aromatic N) is 1. The van der Waals surface area contributed by atoms with Crippen molar-refractivity contribution in [3.8, 4) is 167 Å². The molecule has 0 radical (unpaired) electrons. The summed E-state index contributed by atoms with van der Waals surface area (Å²) in [6.07, 6.45) is 9.90. The van der Waals surface area contributed by atoms with Crippen molar-refractivity contribution in [2.24, 2.45) is 0 Å². The van der Waals surface area contributed by atoms with E-state index in [0.717, 1.165) is 0 Å². The molecule has 0 aliphatic heterocycles. The van der Waals surface area contributed by atoms with Crippen molar-refractivity contribution in [3.05, 3.63) is 0 Å². The van der Waals surface area contributed by atoms with Gasteiger partial charge < -0.3 is 9.47 Å². The first-order valence-corrected chi connectivity index (χ1v) is 10.0. The molecule has 0 aliphatic rings. The first-order chi connectivity index (χ1) is 18.7. The number of ketones is 1. The maximum atomic E-state index is 12.1. The first kappa shape index (κ1) is 31.2. The van der Waals surface area contributed by atoms with E-state index in [-0.39, 0.29) is 68.3 Å². The molecule has 0 spiro atoms. The topological polar surface area (TPSA) is 38.8 Å². The van der Waals surface area contributed by atoms with Crippen LogP contribution in [0.5, 0.6) is 0 Å². The average Bonchev–Trinajstić information content (AvgIpc) is 2.92. The Morgan fingerprint density at radius 2 is 0.921 bits per heavy atom. The molecule has 0 N–H and O–H groups in total. The molecule has 0 atom stereocenters. The van der Waals surface area contributed by atoms with Crippen molar-refractivity contribution in [2.75, 3.05) is 33.5 Å². The Hall–Kier alpha value is -6.77. The van der Waals surface area contributed by atoms with E-state index in [2.05, 4.69) is 154 Å². The second-order valence-electron chi connectivity index (χ2n) is 5.43. The van der Waals surface area contributed by atoms with Crippen LogP contribution in [0, 0.1) is 167 Å². The van der Waals surface area contributed by atoms with E-state index >= 15 is 0 Å². The number of carbonyl (C=O) groups excluding carboxylic acids is 1. The van der Waals surface area contributed by atoms with E-state index in [1.807, 2.05) is 0 Å². The summed E-state index contributed by atoms with van der Waals surface area (Å²) in [5, 5.41) is 0. The molecule has 0 aromatic carbocycles. The molecule has 0 fully saturated rings. The van der Waals surface area contributed by atoms with Crippen molar-refractivity contribution >= 4 is 5.78 Å². The van der Waals surface area contributed by atoms with E-state index in [1.54, 1.807) is 0 Å². The highest BCUT2D eigenvalue weighted by atomic mass is 16.5. The monoisotopic (exact) mass is 544 g/mol. The maximum Gasteiger partial charge on any atom is 0.179 e. The van der Waals surface area contributed by atoms with Crippen LogP contribution in [0.15, 0.2) is 0 Å². The average molecular weight is 544 g/mol. The number of methoxy groups -OCH3 is 1. The third kappa shape index (κ3) is 23.9. The minimum absolute atomic E-state index is 0. The summed E-state index contributed by atoms with van der Waals surface area (Å²) in [7, 11) is 1.53. The van der Waals surface area contributed by atoms with E-state index < -0.39 is 0 Å². The summed E-state index contributed by atoms with van der Waals surface area (Å²) >= 11 is 0. The van der Waals surface area contributed by atoms with Crippen LogP contribution >= 0.6 is 0 Å². The van der Waals surface area contributed by atoms with Crippen LogP contribution in [0.1, 0.15) is 42.8 Å². The number of rotatable bonds is 7. The molecule has 4 nitrogen and oxygen atoms in total. The van der Waals surface area contributed by atoms with Crippen LogP contribution in [0.4, 0.5) is 0 Å². The van der Waals surface area contributed by atoms with Gasteiger partial charge in [-0.25, -0.2) is 0 Å². The highest BCUT2D eigenvalue weighted by molar-refractivity contribution is 5.82. The van der Waals surface area contributed by atoms with Gasteiger partial charge in [-0.3, -0.25) is 9.69 Å². The van der Waals surface area contributed by atoms with Gasteiger partial charge in [-0.2, -0.15) is 0 Å². The lowest BCUT2D eigenvalue weighted by Crippen LogP contribution is -2.25. The molecule has 4 heteroatoms. The molecule has 0 rings (SSSR count). The lowest BCUT2D eigenvalue weighted by Gasteiger charge is -2.08. The largest absolute Gasteiger partial charge is 0.382 e. The quantitative estimate of drug-likeness (QED) is 0.195. The summed E-state index contributed by atoms with van der Waals surface area (Å²) in [5.41, 5.74) is 0. The first-order valence-electron chi connectivity index (χ1n) is 10.0. The predicted molar refractivity (Wildman–Crippen MR) is 209 cm³/mol. The minimum atomic E-state index is -0.253. The highest BCUT2D eigenvalue weighted by Crippen LogP contribution is 1.87.